The average Bonchev–Trinajstić information content (AvgIpc) is 2.54. The van der Waals surface area contributed by atoms with Gasteiger partial charge in [-0.1, -0.05) is 48.0 Å². The first-order valence-electron chi connectivity index (χ1n) is 7.49. The molecule has 2 aromatic carbocycles. The van der Waals surface area contributed by atoms with Crippen LogP contribution >= 0.6 is 11.6 Å². The van der Waals surface area contributed by atoms with Gasteiger partial charge in [-0.3, -0.25) is 9.78 Å². The van der Waals surface area contributed by atoms with Gasteiger partial charge in [0.2, 0.25) is 5.91 Å². The summed E-state index contributed by atoms with van der Waals surface area (Å²) in [6.45, 7) is 1.53. The fourth-order valence-corrected chi connectivity index (χ4v) is 2.81. The molecule has 0 aliphatic heterocycles. The van der Waals surface area contributed by atoms with Crippen LogP contribution in [0.15, 0.2) is 60.7 Å². The van der Waals surface area contributed by atoms with Gasteiger partial charge < -0.3 is 5.32 Å². The van der Waals surface area contributed by atoms with Crippen molar-refractivity contribution in [2.75, 3.05) is 0 Å². The third-order valence-electron chi connectivity index (χ3n) is 3.69. The van der Waals surface area contributed by atoms with E-state index >= 15 is 0 Å². The number of amides is 1. The van der Waals surface area contributed by atoms with Gasteiger partial charge in [-0.15, -0.1) is 0 Å². The van der Waals surface area contributed by atoms with E-state index in [0.717, 1.165) is 22.2 Å². The Labute approximate surface area is 140 Å². The molecule has 1 N–H and O–H groups in total. The van der Waals surface area contributed by atoms with E-state index in [1.54, 1.807) is 0 Å². The maximum absolute atomic E-state index is 11.6. The first kappa shape index (κ1) is 15.5. The highest BCUT2D eigenvalue weighted by Gasteiger charge is 2.15. The quantitative estimate of drug-likeness (QED) is 0.777. The standard InChI is InChI=1S/C19H17ClN2O/c1-13(23)21-19(11-14-5-3-2-4-6-14)18-9-7-15-12-16(20)8-10-17(15)22-18/h2-10,12,19H,11H2,1H3,(H,21,23)/t19-/m0/s1. The van der Waals surface area contributed by atoms with Gasteiger partial charge in [0.25, 0.3) is 0 Å². The molecule has 3 aromatic rings. The minimum absolute atomic E-state index is 0.0658. The molecule has 0 fully saturated rings. The third-order valence-corrected chi connectivity index (χ3v) is 3.93. The summed E-state index contributed by atoms with van der Waals surface area (Å²) in [5, 5.41) is 4.67. The Morgan fingerprint density at radius 3 is 2.65 bits per heavy atom. The summed E-state index contributed by atoms with van der Waals surface area (Å²) in [5.74, 6) is -0.0658. The molecule has 0 spiro atoms. The van der Waals surface area contributed by atoms with Crippen molar-refractivity contribution in [3.05, 3.63) is 76.9 Å². The predicted molar refractivity (Wildman–Crippen MR) is 93.5 cm³/mol. The van der Waals surface area contributed by atoms with Crippen LogP contribution in [0.3, 0.4) is 0 Å². The van der Waals surface area contributed by atoms with Crippen LogP contribution < -0.4 is 5.32 Å². The highest BCUT2D eigenvalue weighted by molar-refractivity contribution is 6.31. The number of benzene rings is 2. The summed E-state index contributed by atoms with van der Waals surface area (Å²) >= 11 is 6.01. The largest absolute Gasteiger partial charge is 0.348 e. The zero-order valence-electron chi connectivity index (χ0n) is 12.8. The topological polar surface area (TPSA) is 42.0 Å². The lowest BCUT2D eigenvalue weighted by Crippen LogP contribution is -2.28. The molecule has 0 unspecified atom stereocenters. The van der Waals surface area contributed by atoms with Crippen LogP contribution in [0.2, 0.25) is 5.02 Å². The van der Waals surface area contributed by atoms with Crippen molar-refractivity contribution in [2.45, 2.75) is 19.4 Å². The van der Waals surface area contributed by atoms with Crippen molar-refractivity contribution in [1.29, 1.82) is 0 Å². The van der Waals surface area contributed by atoms with E-state index in [1.807, 2.05) is 48.5 Å². The summed E-state index contributed by atoms with van der Waals surface area (Å²) in [5.41, 5.74) is 2.87. The van der Waals surface area contributed by atoms with Crippen molar-refractivity contribution < 1.29 is 4.79 Å². The Morgan fingerprint density at radius 2 is 1.91 bits per heavy atom. The van der Waals surface area contributed by atoms with Crippen molar-refractivity contribution in [3.63, 3.8) is 0 Å². The van der Waals surface area contributed by atoms with Gasteiger partial charge in [-0.25, -0.2) is 0 Å². The molecule has 23 heavy (non-hydrogen) atoms. The number of aromatic nitrogens is 1. The number of rotatable bonds is 4. The fraction of sp³-hybridized carbons (Fsp3) is 0.158. The SMILES string of the molecule is CC(=O)N[C@@H](Cc1ccccc1)c1ccc2cc(Cl)ccc2n1. The number of halogens is 1. The zero-order chi connectivity index (χ0) is 16.2. The highest BCUT2D eigenvalue weighted by Crippen LogP contribution is 2.22. The number of hydrogen-bond acceptors (Lipinski definition) is 2. The second-order valence-electron chi connectivity index (χ2n) is 5.52. The van der Waals surface area contributed by atoms with Crippen LogP contribution in [0.4, 0.5) is 0 Å². The van der Waals surface area contributed by atoms with Crippen LogP contribution in [0.25, 0.3) is 10.9 Å². The Kier molecular flexibility index (Phi) is 4.58. The number of carbonyl (C=O) groups excluding carboxylic acids is 1. The smallest absolute Gasteiger partial charge is 0.217 e. The van der Waals surface area contributed by atoms with Gasteiger partial charge >= 0.3 is 0 Å². The van der Waals surface area contributed by atoms with E-state index in [-0.39, 0.29) is 11.9 Å². The van der Waals surface area contributed by atoms with Crippen LogP contribution in [0.5, 0.6) is 0 Å². The molecular weight excluding hydrogens is 308 g/mol. The molecule has 3 rings (SSSR count). The van der Waals surface area contributed by atoms with Crippen molar-refractivity contribution in [3.8, 4) is 0 Å². The van der Waals surface area contributed by atoms with Gasteiger partial charge in [0.1, 0.15) is 0 Å². The van der Waals surface area contributed by atoms with Crippen LogP contribution in [0, 0.1) is 0 Å². The van der Waals surface area contributed by atoms with E-state index in [1.165, 1.54) is 6.92 Å². The van der Waals surface area contributed by atoms with Crippen LogP contribution in [-0.4, -0.2) is 10.9 Å². The molecule has 1 atom stereocenters. The summed E-state index contributed by atoms with van der Waals surface area (Å²) in [6, 6.07) is 19.5. The minimum Gasteiger partial charge on any atom is -0.348 e. The lowest BCUT2D eigenvalue weighted by molar-refractivity contribution is -0.119. The molecule has 0 saturated heterocycles. The van der Waals surface area contributed by atoms with Gasteiger partial charge in [0, 0.05) is 17.3 Å². The summed E-state index contributed by atoms with van der Waals surface area (Å²) in [6.07, 6.45) is 0.701. The normalized spacial score (nSPS) is 12.1. The first-order chi connectivity index (χ1) is 11.1. The Hall–Kier alpha value is -2.39. The van der Waals surface area contributed by atoms with Crippen molar-refractivity contribution >= 4 is 28.4 Å². The number of fused-ring (bicyclic) bond motifs is 1. The summed E-state index contributed by atoms with van der Waals surface area (Å²) in [4.78, 5) is 16.3. The molecule has 0 saturated carbocycles. The van der Waals surface area contributed by atoms with Gasteiger partial charge in [-0.2, -0.15) is 0 Å². The van der Waals surface area contributed by atoms with Gasteiger partial charge in [0.05, 0.1) is 17.3 Å². The lowest BCUT2D eigenvalue weighted by atomic mass is 10.0. The number of carbonyl (C=O) groups is 1. The second-order valence-corrected chi connectivity index (χ2v) is 5.95. The van der Waals surface area contributed by atoms with E-state index in [4.69, 9.17) is 16.6 Å². The average molecular weight is 325 g/mol. The molecule has 1 aromatic heterocycles. The molecular formula is C19H17ClN2O. The maximum Gasteiger partial charge on any atom is 0.217 e. The monoisotopic (exact) mass is 324 g/mol. The lowest BCUT2D eigenvalue weighted by Gasteiger charge is -2.18. The molecule has 3 nitrogen and oxygen atoms in total. The van der Waals surface area contributed by atoms with Crippen LogP contribution in [-0.2, 0) is 11.2 Å². The van der Waals surface area contributed by atoms with Crippen LogP contribution in [0.1, 0.15) is 24.2 Å². The predicted octanol–water partition coefficient (Wildman–Crippen LogP) is 4.31. The zero-order valence-corrected chi connectivity index (χ0v) is 13.5. The Balaban J connectivity index is 1.95. The molecule has 0 bridgehead atoms. The summed E-state index contributed by atoms with van der Waals surface area (Å²) < 4.78 is 0. The third kappa shape index (κ3) is 3.88. The number of pyridine rings is 1. The maximum atomic E-state index is 11.6. The second kappa shape index (κ2) is 6.80. The Bertz CT molecular complexity index is 833. The van der Waals surface area contributed by atoms with E-state index < -0.39 is 0 Å². The van der Waals surface area contributed by atoms with Gasteiger partial charge in [0.15, 0.2) is 0 Å². The molecule has 1 amide bonds. The molecule has 0 aliphatic carbocycles. The fourth-order valence-electron chi connectivity index (χ4n) is 2.63. The molecule has 0 radical (unpaired) electrons. The number of nitrogens with one attached hydrogen (secondary N) is 1. The van der Waals surface area contributed by atoms with Gasteiger partial charge in [-0.05, 0) is 36.2 Å². The minimum atomic E-state index is -0.157. The van der Waals surface area contributed by atoms with E-state index in [0.29, 0.717) is 11.4 Å². The van der Waals surface area contributed by atoms with Crippen molar-refractivity contribution in [1.82, 2.24) is 10.3 Å². The number of hydrogen-bond donors (Lipinski definition) is 1. The van der Waals surface area contributed by atoms with E-state index in [2.05, 4.69) is 17.4 Å². The molecule has 0 aliphatic rings. The first-order valence-corrected chi connectivity index (χ1v) is 7.87. The van der Waals surface area contributed by atoms with Crippen molar-refractivity contribution in [2.24, 2.45) is 0 Å². The Morgan fingerprint density at radius 1 is 1.13 bits per heavy atom. The highest BCUT2D eigenvalue weighted by atomic mass is 35.5. The van der Waals surface area contributed by atoms with E-state index in [9.17, 15) is 4.79 Å². The number of nitrogens with zero attached hydrogens (tertiary/aromatic N) is 1. The molecule has 4 heteroatoms. The summed E-state index contributed by atoms with van der Waals surface area (Å²) in [7, 11) is 0. The molecule has 116 valence electrons. The molecule has 1 heterocycles.